The third-order valence-corrected chi connectivity index (χ3v) is 5.09. The highest BCUT2D eigenvalue weighted by Crippen LogP contribution is 2.14. The molecule has 0 radical (unpaired) electrons. The average Bonchev–Trinajstić information content (AvgIpc) is 2.69. The summed E-state index contributed by atoms with van der Waals surface area (Å²) in [5, 5.41) is 2.95. The standard InChI is InChI=1S/C25H35NO/c1-3-4-5-6-7-8-9-10-11-12-22-15-17-23(18-16-22)25(27)26-24-19-13-21(2)14-20-24/h13-20H,3-12H2,1-2H3,(H,26,27). The molecule has 2 aromatic rings. The van der Waals surface area contributed by atoms with Crippen LogP contribution in [0.15, 0.2) is 48.5 Å². The number of nitrogens with one attached hydrogen (secondary N) is 1. The predicted octanol–water partition coefficient (Wildman–Crippen LogP) is 7.32. The van der Waals surface area contributed by atoms with Gasteiger partial charge in [0.15, 0.2) is 0 Å². The van der Waals surface area contributed by atoms with Crippen LogP contribution in [0.1, 0.15) is 86.2 Å². The number of unbranched alkanes of at least 4 members (excludes halogenated alkanes) is 8. The fourth-order valence-corrected chi connectivity index (χ4v) is 3.30. The molecule has 2 rings (SSSR count). The molecule has 0 aromatic heterocycles. The van der Waals surface area contributed by atoms with Crippen LogP contribution in [0.4, 0.5) is 5.69 Å². The van der Waals surface area contributed by atoms with Gasteiger partial charge in [0.25, 0.3) is 5.91 Å². The van der Waals surface area contributed by atoms with E-state index in [1.54, 1.807) is 0 Å². The molecule has 2 nitrogen and oxygen atoms in total. The molecule has 1 amide bonds. The maximum Gasteiger partial charge on any atom is 0.255 e. The highest BCUT2D eigenvalue weighted by Gasteiger charge is 2.06. The summed E-state index contributed by atoms with van der Waals surface area (Å²) in [7, 11) is 0. The third-order valence-electron chi connectivity index (χ3n) is 5.09. The first-order valence-corrected chi connectivity index (χ1v) is 10.7. The van der Waals surface area contributed by atoms with Crippen molar-refractivity contribution in [3.05, 3.63) is 65.2 Å². The van der Waals surface area contributed by atoms with Crippen LogP contribution in [-0.4, -0.2) is 5.91 Å². The third kappa shape index (κ3) is 8.43. The molecule has 0 aliphatic carbocycles. The quantitative estimate of drug-likeness (QED) is 0.392. The Labute approximate surface area is 165 Å². The number of carbonyl (C=O) groups excluding carboxylic acids is 1. The topological polar surface area (TPSA) is 29.1 Å². The summed E-state index contributed by atoms with van der Waals surface area (Å²) in [4.78, 5) is 12.3. The summed E-state index contributed by atoms with van der Waals surface area (Å²) in [6.45, 7) is 4.31. The van der Waals surface area contributed by atoms with Crippen molar-refractivity contribution in [3.63, 3.8) is 0 Å². The first kappa shape index (κ1) is 21.2. The molecule has 2 heteroatoms. The molecule has 2 aromatic carbocycles. The van der Waals surface area contributed by atoms with Crippen LogP contribution in [0.3, 0.4) is 0 Å². The van der Waals surface area contributed by atoms with Gasteiger partial charge in [-0.05, 0) is 49.6 Å². The largest absolute Gasteiger partial charge is 0.322 e. The Morgan fingerprint density at radius 3 is 1.89 bits per heavy atom. The van der Waals surface area contributed by atoms with E-state index in [1.807, 2.05) is 43.3 Å². The van der Waals surface area contributed by atoms with E-state index in [1.165, 1.54) is 68.9 Å². The zero-order valence-corrected chi connectivity index (χ0v) is 17.1. The van der Waals surface area contributed by atoms with E-state index in [4.69, 9.17) is 0 Å². The van der Waals surface area contributed by atoms with Crippen molar-refractivity contribution in [1.29, 1.82) is 0 Å². The number of aryl methyl sites for hydroxylation is 2. The molecule has 0 aliphatic heterocycles. The first-order valence-electron chi connectivity index (χ1n) is 10.7. The summed E-state index contributed by atoms with van der Waals surface area (Å²) in [6, 6.07) is 15.9. The molecule has 0 fully saturated rings. The van der Waals surface area contributed by atoms with Crippen LogP contribution < -0.4 is 5.32 Å². The molecule has 0 saturated carbocycles. The molecule has 0 atom stereocenters. The monoisotopic (exact) mass is 365 g/mol. The minimum Gasteiger partial charge on any atom is -0.322 e. The molecule has 1 N–H and O–H groups in total. The summed E-state index contributed by atoms with van der Waals surface area (Å²) < 4.78 is 0. The zero-order chi connectivity index (χ0) is 19.3. The fourth-order valence-electron chi connectivity index (χ4n) is 3.30. The van der Waals surface area contributed by atoms with Crippen molar-refractivity contribution in [3.8, 4) is 0 Å². The van der Waals surface area contributed by atoms with Crippen molar-refractivity contribution in [2.24, 2.45) is 0 Å². The lowest BCUT2D eigenvalue weighted by molar-refractivity contribution is 0.102. The van der Waals surface area contributed by atoms with Crippen molar-refractivity contribution in [2.45, 2.75) is 78.1 Å². The average molecular weight is 366 g/mol. The molecule has 0 heterocycles. The molecule has 0 unspecified atom stereocenters. The minimum atomic E-state index is -0.0477. The fraction of sp³-hybridized carbons (Fsp3) is 0.480. The maximum atomic E-state index is 12.3. The Balaban J connectivity index is 1.64. The van der Waals surface area contributed by atoms with E-state index in [9.17, 15) is 4.79 Å². The van der Waals surface area contributed by atoms with E-state index >= 15 is 0 Å². The number of hydrogen-bond donors (Lipinski definition) is 1. The summed E-state index contributed by atoms with van der Waals surface area (Å²) in [5.74, 6) is -0.0477. The lowest BCUT2D eigenvalue weighted by atomic mass is 10.0. The minimum absolute atomic E-state index is 0.0477. The van der Waals surface area contributed by atoms with Crippen molar-refractivity contribution in [1.82, 2.24) is 0 Å². The van der Waals surface area contributed by atoms with Gasteiger partial charge in [-0.2, -0.15) is 0 Å². The van der Waals surface area contributed by atoms with E-state index in [-0.39, 0.29) is 5.91 Å². The number of benzene rings is 2. The van der Waals surface area contributed by atoms with Gasteiger partial charge in [-0.3, -0.25) is 4.79 Å². The van der Waals surface area contributed by atoms with Crippen LogP contribution in [0, 0.1) is 6.92 Å². The van der Waals surface area contributed by atoms with Gasteiger partial charge in [0, 0.05) is 11.3 Å². The number of amides is 1. The Kier molecular flexibility index (Phi) is 9.68. The van der Waals surface area contributed by atoms with E-state index < -0.39 is 0 Å². The predicted molar refractivity (Wildman–Crippen MR) is 117 cm³/mol. The van der Waals surface area contributed by atoms with Gasteiger partial charge in [0.2, 0.25) is 0 Å². The van der Waals surface area contributed by atoms with Gasteiger partial charge in [0.1, 0.15) is 0 Å². The summed E-state index contributed by atoms with van der Waals surface area (Å²) in [6.07, 6.45) is 13.3. The van der Waals surface area contributed by atoms with Gasteiger partial charge < -0.3 is 5.32 Å². The lowest BCUT2D eigenvalue weighted by Gasteiger charge is -2.07. The van der Waals surface area contributed by atoms with E-state index in [0.717, 1.165) is 12.1 Å². The van der Waals surface area contributed by atoms with Crippen LogP contribution in [0.25, 0.3) is 0 Å². The number of rotatable bonds is 12. The highest BCUT2D eigenvalue weighted by molar-refractivity contribution is 6.04. The Bertz CT molecular complexity index is 658. The maximum absolute atomic E-state index is 12.3. The Morgan fingerprint density at radius 2 is 1.30 bits per heavy atom. The highest BCUT2D eigenvalue weighted by atomic mass is 16.1. The molecule has 0 bridgehead atoms. The molecule has 0 saturated heterocycles. The zero-order valence-electron chi connectivity index (χ0n) is 17.1. The van der Waals surface area contributed by atoms with Crippen molar-refractivity contribution < 1.29 is 4.79 Å². The van der Waals surface area contributed by atoms with Crippen molar-refractivity contribution >= 4 is 11.6 Å². The number of anilines is 1. The Hall–Kier alpha value is -2.09. The van der Waals surface area contributed by atoms with Crippen LogP contribution in [0.5, 0.6) is 0 Å². The van der Waals surface area contributed by atoms with Gasteiger partial charge in [-0.15, -0.1) is 0 Å². The summed E-state index contributed by atoms with van der Waals surface area (Å²) in [5.41, 5.74) is 4.06. The van der Waals surface area contributed by atoms with Crippen LogP contribution in [-0.2, 0) is 6.42 Å². The van der Waals surface area contributed by atoms with Crippen LogP contribution >= 0.6 is 0 Å². The van der Waals surface area contributed by atoms with Gasteiger partial charge in [-0.25, -0.2) is 0 Å². The molecular formula is C25H35NO. The second kappa shape index (κ2) is 12.3. The molecule has 0 spiro atoms. The Morgan fingerprint density at radius 1 is 0.741 bits per heavy atom. The second-order valence-corrected chi connectivity index (χ2v) is 7.60. The molecule has 146 valence electrons. The SMILES string of the molecule is CCCCCCCCCCCc1ccc(C(=O)Nc2ccc(C)cc2)cc1. The second-order valence-electron chi connectivity index (χ2n) is 7.60. The number of hydrogen-bond acceptors (Lipinski definition) is 1. The molecular weight excluding hydrogens is 330 g/mol. The molecule has 0 aliphatic rings. The van der Waals surface area contributed by atoms with Gasteiger partial charge in [0.05, 0.1) is 0 Å². The smallest absolute Gasteiger partial charge is 0.255 e. The summed E-state index contributed by atoms with van der Waals surface area (Å²) >= 11 is 0. The van der Waals surface area contributed by atoms with Gasteiger partial charge >= 0.3 is 0 Å². The number of carbonyl (C=O) groups is 1. The normalized spacial score (nSPS) is 10.7. The van der Waals surface area contributed by atoms with Gasteiger partial charge in [-0.1, -0.05) is 88.1 Å². The van der Waals surface area contributed by atoms with E-state index in [0.29, 0.717) is 5.56 Å². The molecule has 27 heavy (non-hydrogen) atoms. The lowest BCUT2D eigenvalue weighted by Crippen LogP contribution is -2.11. The first-order chi connectivity index (χ1) is 13.2. The van der Waals surface area contributed by atoms with Crippen LogP contribution in [0.2, 0.25) is 0 Å². The van der Waals surface area contributed by atoms with E-state index in [2.05, 4.69) is 24.4 Å². The van der Waals surface area contributed by atoms with Crippen molar-refractivity contribution in [2.75, 3.05) is 5.32 Å².